The van der Waals surface area contributed by atoms with Crippen LogP contribution in [0.25, 0.3) is 0 Å². The molecule has 0 radical (unpaired) electrons. The molecule has 1 aromatic carbocycles. The Labute approximate surface area is 148 Å². The Balaban J connectivity index is 1.56. The summed E-state index contributed by atoms with van der Waals surface area (Å²) in [5.74, 6) is -1.71. The second-order valence-corrected chi connectivity index (χ2v) is 6.27. The van der Waals surface area contributed by atoms with Crippen LogP contribution in [0, 0.1) is 11.6 Å². The zero-order valence-corrected chi connectivity index (χ0v) is 14.1. The van der Waals surface area contributed by atoms with Gasteiger partial charge in [0.25, 0.3) is 5.91 Å². The highest BCUT2D eigenvalue weighted by Crippen LogP contribution is 2.17. The molecule has 2 heterocycles. The van der Waals surface area contributed by atoms with Crippen molar-refractivity contribution in [2.24, 2.45) is 0 Å². The summed E-state index contributed by atoms with van der Waals surface area (Å²) in [6.07, 6.45) is 3.68. The van der Waals surface area contributed by atoms with Crippen LogP contribution in [-0.2, 0) is 11.3 Å². The van der Waals surface area contributed by atoms with Crippen molar-refractivity contribution < 1.29 is 18.4 Å². The summed E-state index contributed by atoms with van der Waals surface area (Å²) in [4.78, 5) is 33.3. The maximum atomic E-state index is 13.2. The lowest BCUT2D eigenvalue weighted by molar-refractivity contribution is -0.125. The van der Waals surface area contributed by atoms with Crippen LogP contribution in [0.15, 0.2) is 30.6 Å². The van der Waals surface area contributed by atoms with Crippen molar-refractivity contribution >= 4 is 11.8 Å². The van der Waals surface area contributed by atoms with Gasteiger partial charge in [0.15, 0.2) is 0 Å². The van der Waals surface area contributed by atoms with Crippen molar-refractivity contribution in [2.75, 3.05) is 13.6 Å². The normalized spacial score (nSPS) is 20.1. The number of carbonyl (C=O) groups is 2. The highest BCUT2D eigenvalue weighted by molar-refractivity contribution is 5.94. The molecule has 2 atom stereocenters. The topological polar surface area (TPSA) is 90.1 Å². The molecule has 3 N–H and O–H groups in total. The van der Waals surface area contributed by atoms with Gasteiger partial charge in [-0.1, -0.05) is 0 Å². The Morgan fingerprint density at radius 2 is 2.04 bits per heavy atom. The molecule has 26 heavy (non-hydrogen) atoms. The smallest absolute Gasteiger partial charge is 0.251 e. The van der Waals surface area contributed by atoms with Crippen molar-refractivity contribution in [2.45, 2.75) is 25.0 Å². The van der Waals surface area contributed by atoms with Gasteiger partial charge in [0.1, 0.15) is 17.5 Å². The zero-order valence-electron chi connectivity index (χ0n) is 14.1. The minimum atomic E-state index is -0.811. The predicted octanol–water partition coefficient (Wildman–Crippen LogP) is 0.807. The number of aromatic amines is 1. The fourth-order valence-electron chi connectivity index (χ4n) is 3.05. The van der Waals surface area contributed by atoms with Crippen LogP contribution in [0.1, 0.15) is 22.6 Å². The van der Waals surface area contributed by atoms with E-state index in [0.29, 0.717) is 24.9 Å². The average molecular weight is 363 g/mol. The van der Waals surface area contributed by atoms with E-state index >= 15 is 0 Å². The maximum Gasteiger partial charge on any atom is 0.251 e. The monoisotopic (exact) mass is 363 g/mol. The molecule has 1 aliphatic heterocycles. The minimum Gasteiger partial charge on any atom is -0.348 e. The number of halogens is 2. The minimum absolute atomic E-state index is 0.0872. The number of imidazole rings is 1. The fraction of sp³-hybridized carbons (Fsp3) is 0.353. The van der Waals surface area contributed by atoms with Crippen molar-refractivity contribution in [1.29, 1.82) is 0 Å². The quantitative estimate of drug-likeness (QED) is 0.733. The van der Waals surface area contributed by atoms with Crippen LogP contribution < -0.4 is 10.6 Å². The van der Waals surface area contributed by atoms with Crippen LogP contribution in [0.3, 0.4) is 0 Å². The number of nitrogens with one attached hydrogen (secondary N) is 3. The van der Waals surface area contributed by atoms with Gasteiger partial charge in [0.05, 0.1) is 12.6 Å². The van der Waals surface area contributed by atoms with Crippen LogP contribution >= 0.6 is 0 Å². The molecule has 0 unspecified atom stereocenters. The van der Waals surface area contributed by atoms with Gasteiger partial charge in [0.2, 0.25) is 5.91 Å². The number of likely N-dealkylation sites (tertiary alicyclic amines) is 1. The second-order valence-electron chi connectivity index (χ2n) is 6.27. The van der Waals surface area contributed by atoms with Gasteiger partial charge >= 0.3 is 0 Å². The first-order valence-corrected chi connectivity index (χ1v) is 8.15. The molecular weight excluding hydrogens is 344 g/mol. The molecule has 0 saturated carbocycles. The zero-order chi connectivity index (χ0) is 18.7. The van der Waals surface area contributed by atoms with Gasteiger partial charge in [-0.25, -0.2) is 13.8 Å². The molecule has 0 bridgehead atoms. The summed E-state index contributed by atoms with van der Waals surface area (Å²) in [6.45, 7) is 0.748. The van der Waals surface area contributed by atoms with Crippen LogP contribution in [0.2, 0.25) is 0 Å². The first-order valence-electron chi connectivity index (χ1n) is 8.15. The van der Waals surface area contributed by atoms with E-state index in [1.54, 1.807) is 19.4 Å². The lowest BCUT2D eigenvalue weighted by Crippen LogP contribution is -2.41. The van der Waals surface area contributed by atoms with Gasteiger partial charge in [-0.05, 0) is 25.6 Å². The summed E-state index contributed by atoms with van der Waals surface area (Å²) < 4.78 is 26.5. The number of carbonyl (C=O) groups excluding carboxylic acids is 2. The van der Waals surface area contributed by atoms with Gasteiger partial charge in [-0.3, -0.25) is 14.5 Å². The van der Waals surface area contributed by atoms with E-state index in [9.17, 15) is 18.4 Å². The number of hydrogen-bond donors (Lipinski definition) is 3. The summed E-state index contributed by atoms with van der Waals surface area (Å²) in [6, 6.07) is 1.96. The number of nitrogens with zero attached hydrogens (tertiary/aromatic N) is 2. The molecule has 3 rings (SSSR count). The lowest BCUT2D eigenvalue weighted by Gasteiger charge is -2.17. The van der Waals surface area contributed by atoms with Gasteiger partial charge < -0.3 is 15.6 Å². The summed E-state index contributed by atoms with van der Waals surface area (Å²) >= 11 is 0. The standard InChI is InChI=1S/C17H19F2N5O2/c1-24-9-13(23-16(25)10-4-11(18)6-12(19)5-10)7-14(24)17(26)22-8-15-20-2-3-21-15/h2-6,13-14H,7-9H2,1H3,(H,20,21)(H,22,26)(H,23,25)/t13-,14-/m0/s1. The van der Waals surface area contributed by atoms with E-state index in [1.807, 2.05) is 4.90 Å². The summed E-state index contributed by atoms with van der Waals surface area (Å²) in [5, 5.41) is 5.51. The van der Waals surface area contributed by atoms with Gasteiger partial charge in [0, 0.05) is 36.6 Å². The largest absolute Gasteiger partial charge is 0.348 e. The number of aromatic nitrogens is 2. The van der Waals surface area contributed by atoms with Crippen molar-refractivity contribution in [1.82, 2.24) is 25.5 Å². The molecule has 0 aliphatic carbocycles. The van der Waals surface area contributed by atoms with E-state index in [4.69, 9.17) is 0 Å². The van der Waals surface area contributed by atoms with Crippen LogP contribution in [0.5, 0.6) is 0 Å². The van der Waals surface area contributed by atoms with E-state index in [-0.39, 0.29) is 24.1 Å². The molecule has 1 saturated heterocycles. The van der Waals surface area contributed by atoms with Crippen LogP contribution in [-0.4, -0.2) is 52.4 Å². The first kappa shape index (κ1) is 18.0. The lowest BCUT2D eigenvalue weighted by atomic mass is 10.1. The summed E-state index contributed by atoms with van der Waals surface area (Å²) in [7, 11) is 1.78. The SMILES string of the molecule is CN1C[C@@H](NC(=O)c2cc(F)cc(F)c2)C[C@H]1C(=O)NCc1ncc[nH]1. The molecular formula is C17H19F2N5O2. The van der Waals surface area contributed by atoms with E-state index in [0.717, 1.165) is 12.1 Å². The maximum absolute atomic E-state index is 13.2. The number of rotatable bonds is 5. The Kier molecular flexibility index (Phi) is 5.27. The molecule has 2 aromatic rings. The molecule has 7 nitrogen and oxygen atoms in total. The Morgan fingerprint density at radius 1 is 1.31 bits per heavy atom. The third kappa shape index (κ3) is 4.23. The molecule has 1 aliphatic rings. The Bertz CT molecular complexity index is 776. The van der Waals surface area contributed by atoms with E-state index in [2.05, 4.69) is 20.6 Å². The average Bonchev–Trinajstić information content (AvgIpc) is 3.21. The van der Waals surface area contributed by atoms with Gasteiger partial charge in [-0.2, -0.15) is 0 Å². The number of H-pyrrole nitrogens is 1. The molecule has 1 aromatic heterocycles. The van der Waals surface area contributed by atoms with Crippen molar-refractivity contribution in [3.05, 3.63) is 53.6 Å². The highest BCUT2D eigenvalue weighted by atomic mass is 19.1. The predicted molar refractivity (Wildman–Crippen MR) is 89.1 cm³/mol. The van der Waals surface area contributed by atoms with Crippen molar-refractivity contribution in [3.63, 3.8) is 0 Å². The third-order valence-corrected chi connectivity index (χ3v) is 4.30. The fourth-order valence-corrected chi connectivity index (χ4v) is 3.05. The molecule has 0 spiro atoms. The number of benzene rings is 1. The molecule has 2 amide bonds. The molecule has 1 fully saturated rings. The van der Waals surface area contributed by atoms with Gasteiger partial charge in [-0.15, -0.1) is 0 Å². The molecule has 138 valence electrons. The number of hydrogen-bond acceptors (Lipinski definition) is 4. The third-order valence-electron chi connectivity index (χ3n) is 4.30. The molecule has 9 heteroatoms. The summed E-state index contributed by atoms with van der Waals surface area (Å²) in [5.41, 5.74) is -0.0872. The highest BCUT2D eigenvalue weighted by Gasteiger charge is 2.35. The van der Waals surface area contributed by atoms with E-state index in [1.165, 1.54) is 0 Å². The Hall–Kier alpha value is -2.81. The van der Waals surface area contributed by atoms with E-state index < -0.39 is 23.6 Å². The number of likely N-dealkylation sites (N-methyl/N-ethyl adjacent to an activating group) is 1. The van der Waals surface area contributed by atoms with Crippen molar-refractivity contribution in [3.8, 4) is 0 Å². The Morgan fingerprint density at radius 3 is 2.69 bits per heavy atom. The first-order chi connectivity index (χ1) is 12.4. The van der Waals surface area contributed by atoms with Crippen LogP contribution in [0.4, 0.5) is 8.78 Å². The number of amides is 2. The second kappa shape index (κ2) is 7.61.